The molecule has 0 saturated heterocycles. The second-order valence-corrected chi connectivity index (χ2v) is 7.32. The van der Waals surface area contributed by atoms with E-state index in [4.69, 9.17) is 4.74 Å². The Morgan fingerprint density at radius 3 is 2.43 bits per heavy atom. The molecule has 1 atom stereocenters. The fourth-order valence-corrected chi connectivity index (χ4v) is 4.24. The van der Waals surface area contributed by atoms with Crippen molar-refractivity contribution in [3.63, 3.8) is 0 Å². The molecule has 2 aromatic rings. The second-order valence-electron chi connectivity index (χ2n) is 7.32. The maximum Gasteiger partial charge on any atom is 0.225 e. The Morgan fingerprint density at radius 2 is 1.64 bits per heavy atom. The number of hydrogen-bond donors (Lipinski definition) is 0. The summed E-state index contributed by atoms with van der Waals surface area (Å²) < 4.78 is 6.45. The average molecular weight is 371 g/mol. The maximum absolute atomic E-state index is 5.97. The highest BCUT2D eigenvalue weighted by Crippen LogP contribution is 2.38. The van der Waals surface area contributed by atoms with E-state index >= 15 is 0 Å². The summed E-state index contributed by atoms with van der Waals surface area (Å²) in [5.41, 5.74) is 2.23. The molecule has 1 saturated carbocycles. The number of ether oxygens (including phenoxy) is 1. The van der Waals surface area contributed by atoms with E-state index in [0.29, 0.717) is 10.6 Å². The number of anilines is 1. The summed E-state index contributed by atoms with van der Waals surface area (Å²) in [5, 5.41) is 2.46. The fraction of sp³-hybridized carbons (Fsp3) is 0.217. The molecule has 5 nitrogen and oxygen atoms in total. The third-order valence-corrected chi connectivity index (χ3v) is 5.56. The molecule has 2 aliphatic heterocycles. The van der Waals surface area contributed by atoms with E-state index in [9.17, 15) is 0 Å². The van der Waals surface area contributed by atoms with Crippen LogP contribution in [-0.2, 0) is 0 Å². The molecular formula is C23H23N4O+. The number of hydrogen-bond acceptors (Lipinski definition) is 4. The van der Waals surface area contributed by atoms with Crippen molar-refractivity contribution in [2.24, 2.45) is 9.98 Å². The van der Waals surface area contributed by atoms with E-state index in [2.05, 4.69) is 33.3 Å². The zero-order chi connectivity index (χ0) is 18.8. The zero-order valence-electron chi connectivity index (χ0n) is 15.7. The van der Waals surface area contributed by atoms with E-state index < -0.39 is 0 Å². The average Bonchev–Trinajstić information content (AvgIpc) is 3.41. The smallest absolute Gasteiger partial charge is 0.225 e. The quantitative estimate of drug-likeness (QED) is 0.660. The lowest BCUT2D eigenvalue weighted by atomic mass is 10.2. The van der Waals surface area contributed by atoms with Gasteiger partial charge in [0.1, 0.15) is 11.5 Å². The molecule has 1 aliphatic carbocycles. The van der Waals surface area contributed by atoms with Crippen LogP contribution in [0.4, 0.5) is 5.69 Å². The maximum atomic E-state index is 5.97. The number of allylic oxidation sites excluding steroid dienone is 1. The standard InChI is InChI=1S/C23H23N4O/c1-2-8-22(9-3-1)28-23-12-10-20(11-13-23)26(19-6-4-5-7-19)27-15-14-24-16-21(27)17-25-18-27/h1-3,8-19H,4-7H2/q+1. The van der Waals surface area contributed by atoms with Gasteiger partial charge in [0.05, 0.1) is 30.3 Å². The van der Waals surface area contributed by atoms with Crippen LogP contribution in [0.25, 0.3) is 0 Å². The van der Waals surface area contributed by atoms with Crippen LogP contribution in [0.15, 0.2) is 88.9 Å². The summed E-state index contributed by atoms with van der Waals surface area (Å²) in [5.74, 6) is 1.68. The molecule has 0 spiro atoms. The van der Waals surface area contributed by atoms with Crippen LogP contribution in [-0.4, -0.2) is 23.2 Å². The highest BCUT2D eigenvalue weighted by molar-refractivity contribution is 5.82. The Morgan fingerprint density at radius 1 is 0.893 bits per heavy atom. The topological polar surface area (TPSA) is 37.2 Å². The number of nitrogens with zero attached hydrogens (tertiary/aromatic N) is 4. The number of benzene rings is 2. The predicted molar refractivity (Wildman–Crippen MR) is 112 cm³/mol. The fourth-order valence-electron chi connectivity index (χ4n) is 4.24. The molecular weight excluding hydrogens is 348 g/mol. The van der Waals surface area contributed by atoms with E-state index in [-0.39, 0.29) is 0 Å². The number of fused-ring (bicyclic) bond motifs is 1. The predicted octanol–water partition coefficient (Wildman–Crippen LogP) is 5.40. The second kappa shape index (κ2) is 7.09. The number of aliphatic imine (C=N–C) groups is 2. The summed E-state index contributed by atoms with van der Waals surface area (Å²) in [6.07, 6.45) is 14.7. The molecule has 3 aliphatic rings. The Balaban J connectivity index is 1.48. The first-order valence-electron chi connectivity index (χ1n) is 9.82. The lowest BCUT2D eigenvalue weighted by Gasteiger charge is -2.42. The summed E-state index contributed by atoms with van der Waals surface area (Å²) in [6.45, 7) is 0. The van der Waals surface area contributed by atoms with Gasteiger partial charge in [-0.1, -0.05) is 31.0 Å². The highest BCUT2D eigenvalue weighted by atomic mass is 16.5. The van der Waals surface area contributed by atoms with Crippen LogP contribution < -0.4 is 9.75 Å². The van der Waals surface area contributed by atoms with Crippen molar-refractivity contribution in [3.8, 4) is 11.5 Å². The number of rotatable bonds is 5. The first-order valence-corrected chi connectivity index (χ1v) is 9.82. The van der Waals surface area contributed by atoms with Crippen LogP contribution in [0.2, 0.25) is 0 Å². The third-order valence-electron chi connectivity index (χ3n) is 5.56. The van der Waals surface area contributed by atoms with Crippen molar-refractivity contribution in [3.05, 3.63) is 78.9 Å². The van der Waals surface area contributed by atoms with Crippen molar-refractivity contribution in [1.29, 1.82) is 0 Å². The van der Waals surface area contributed by atoms with Gasteiger partial charge in [-0.15, -0.1) is 4.59 Å². The molecule has 2 aromatic carbocycles. The molecule has 5 rings (SSSR count). The molecule has 28 heavy (non-hydrogen) atoms. The molecule has 1 unspecified atom stereocenters. The SMILES string of the molecule is C1=C[N+]2(N(c3ccc(Oc4ccccc4)cc3)C3CCCC3)C=NC=C2C=N1. The number of quaternary nitrogens is 1. The monoisotopic (exact) mass is 371 g/mol. The van der Waals surface area contributed by atoms with E-state index in [1.807, 2.05) is 67.4 Å². The highest BCUT2D eigenvalue weighted by Gasteiger charge is 2.45. The van der Waals surface area contributed by atoms with E-state index in [1.54, 1.807) is 0 Å². The largest absolute Gasteiger partial charge is 0.457 e. The Hall–Kier alpha value is -3.18. The van der Waals surface area contributed by atoms with E-state index in [0.717, 1.165) is 22.9 Å². The van der Waals surface area contributed by atoms with Crippen molar-refractivity contribution >= 4 is 18.2 Å². The molecule has 0 N–H and O–H groups in total. The molecule has 0 radical (unpaired) electrons. The summed E-state index contributed by atoms with van der Waals surface area (Å²) >= 11 is 0. The zero-order valence-corrected chi connectivity index (χ0v) is 15.7. The number of para-hydroxylation sites is 1. The summed E-state index contributed by atoms with van der Waals surface area (Å²) in [6, 6.07) is 18.7. The molecule has 1 fully saturated rings. The lowest BCUT2D eigenvalue weighted by Crippen LogP contribution is -2.58. The normalized spacial score (nSPS) is 22.9. The van der Waals surface area contributed by atoms with Gasteiger partial charge in [0.25, 0.3) is 0 Å². The minimum absolute atomic E-state index is 0.463. The van der Waals surface area contributed by atoms with Gasteiger partial charge in [-0.05, 0) is 49.2 Å². The van der Waals surface area contributed by atoms with Crippen molar-refractivity contribution < 1.29 is 9.33 Å². The van der Waals surface area contributed by atoms with Crippen LogP contribution in [0, 0.1) is 0 Å². The van der Waals surface area contributed by atoms with Gasteiger partial charge in [0.15, 0.2) is 6.20 Å². The van der Waals surface area contributed by atoms with Crippen LogP contribution in [0.5, 0.6) is 11.5 Å². The minimum atomic E-state index is 0.463. The lowest BCUT2D eigenvalue weighted by molar-refractivity contribution is -0.745. The first kappa shape index (κ1) is 17.0. The molecule has 0 aromatic heterocycles. The third kappa shape index (κ3) is 2.94. The van der Waals surface area contributed by atoms with Crippen molar-refractivity contribution in [1.82, 2.24) is 0 Å². The van der Waals surface area contributed by atoms with Crippen LogP contribution in [0.1, 0.15) is 25.7 Å². The van der Waals surface area contributed by atoms with Crippen LogP contribution >= 0.6 is 0 Å². The summed E-state index contributed by atoms with van der Waals surface area (Å²) in [7, 11) is 0. The van der Waals surface area contributed by atoms with Gasteiger partial charge in [0.2, 0.25) is 12.0 Å². The van der Waals surface area contributed by atoms with Crippen molar-refractivity contribution in [2.45, 2.75) is 31.7 Å². The van der Waals surface area contributed by atoms with Crippen LogP contribution in [0.3, 0.4) is 0 Å². The van der Waals surface area contributed by atoms with E-state index in [1.165, 1.54) is 25.7 Å². The Kier molecular flexibility index (Phi) is 4.29. The molecule has 5 heteroatoms. The molecule has 2 heterocycles. The van der Waals surface area contributed by atoms with Gasteiger partial charge >= 0.3 is 0 Å². The van der Waals surface area contributed by atoms with Gasteiger partial charge in [0, 0.05) is 0 Å². The summed E-state index contributed by atoms with van der Waals surface area (Å²) in [4.78, 5) is 8.78. The Labute approximate surface area is 165 Å². The molecule has 0 bridgehead atoms. The van der Waals surface area contributed by atoms with Gasteiger partial charge in [-0.3, -0.25) is 4.99 Å². The van der Waals surface area contributed by atoms with Gasteiger partial charge in [-0.2, -0.15) is 0 Å². The molecule has 140 valence electrons. The van der Waals surface area contributed by atoms with Gasteiger partial charge < -0.3 is 4.74 Å². The van der Waals surface area contributed by atoms with Crippen molar-refractivity contribution in [2.75, 3.05) is 5.01 Å². The minimum Gasteiger partial charge on any atom is -0.457 e. The molecule has 0 amide bonds. The first-order chi connectivity index (χ1) is 13.9. The Bertz CT molecular complexity index is 956. The van der Waals surface area contributed by atoms with Gasteiger partial charge in [-0.25, -0.2) is 10.0 Å².